The van der Waals surface area contributed by atoms with Crippen LogP contribution < -0.4 is 0 Å². The maximum atomic E-state index is 11.7. The van der Waals surface area contributed by atoms with Gasteiger partial charge >= 0.3 is 0 Å². The third-order valence-electron chi connectivity index (χ3n) is 5.29. The Hall–Kier alpha value is -0.130. The number of nitrogens with zero attached hydrogens (tertiary/aromatic N) is 1. The number of sulfone groups is 1. The van der Waals surface area contributed by atoms with E-state index in [1.165, 1.54) is 6.26 Å². The fourth-order valence-corrected chi connectivity index (χ4v) is 4.93. The summed E-state index contributed by atoms with van der Waals surface area (Å²) in [6.45, 7) is 3.04. The molecule has 1 N–H and O–H groups in total. The van der Waals surface area contributed by atoms with Crippen molar-refractivity contribution in [1.82, 2.24) is 4.90 Å². The van der Waals surface area contributed by atoms with E-state index in [1.807, 2.05) is 0 Å². The highest BCUT2D eigenvalue weighted by atomic mass is 32.2. The number of aliphatic hydroxyl groups is 1. The predicted octanol–water partition coefficient (Wildman–Crippen LogP) is 1.44. The highest BCUT2D eigenvalue weighted by molar-refractivity contribution is 7.91. The third kappa shape index (κ3) is 3.31. The number of piperidine rings is 1. The molecule has 19 heavy (non-hydrogen) atoms. The molecule has 2 rings (SSSR count). The van der Waals surface area contributed by atoms with E-state index in [9.17, 15) is 13.5 Å². The van der Waals surface area contributed by atoms with E-state index < -0.39 is 15.4 Å². The molecule has 0 aromatic carbocycles. The van der Waals surface area contributed by atoms with Crippen molar-refractivity contribution < 1.29 is 13.5 Å². The Morgan fingerprint density at radius 1 is 1.32 bits per heavy atom. The molecule has 0 bridgehead atoms. The third-order valence-corrected chi connectivity index (χ3v) is 6.93. The van der Waals surface area contributed by atoms with Crippen molar-refractivity contribution in [3.63, 3.8) is 0 Å². The lowest BCUT2D eigenvalue weighted by atomic mass is 9.70. The van der Waals surface area contributed by atoms with Gasteiger partial charge in [0.2, 0.25) is 0 Å². The lowest BCUT2D eigenvalue weighted by molar-refractivity contribution is -0.0881. The first-order valence-corrected chi connectivity index (χ1v) is 9.29. The summed E-state index contributed by atoms with van der Waals surface area (Å²) in [5.74, 6) is 0.150. The van der Waals surface area contributed by atoms with Crippen LogP contribution in [0.15, 0.2) is 0 Å². The van der Waals surface area contributed by atoms with Gasteiger partial charge in [0.25, 0.3) is 0 Å². The maximum Gasteiger partial charge on any atom is 0.150 e. The van der Waals surface area contributed by atoms with Gasteiger partial charge in [0.05, 0.1) is 10.9 Å². The summed E-state index contributed by atoms with van der Waals surface area (Å²) in [5.41, 5.74) is -0.657. The predicted molar refractivity (Wildman–Crippen MR) is 76.9 cm³/mol. The topological polar surface area (TPSA) is 57.6 Å². The molecule has 0 aromatic rings. The quantitative estimate of drug-likeness (QED) is 0.835. The van der Waals surface area contributed by atoms with Crippen molar-refractivity contribution in [2.75, 3.05) is 19.8 Å². The smallest absolute Gasteiger partial charge is 0.150 e. The first-order valence-electron chi connectivity index (χ1n) is 7.34. The summed E-state index contributed by atoms with van der Waals surface area (Å²) in [6, 6.07) is 0.373. The number of rotatable bonds is 2. The van der Waals surface area contributed by atoms with Gasteiger partial charge in [-0.3, -0.25) is 0 Å². The molecule has 2 fully saturated rings. The Morgan fingerprint density at radius 2 is 2.00 bits per heavy atom. The molecule has 0 radical (unpaired) electrons. The Labute approximate surface area is 117 Å². The number of hydrogen-bond acceptors (Lipinski definition) is 4. The second-order valence-electron chi connectivity index (χ2n) is 6.70. The highest BCUT2D eigenvalue weighted by Crippen LogP contribution is 2.41. The van der Waals surface area contributed by atoms with Gasteiger partial charge in [-0.25, -0.2) is 8.42 Å². The zero-order chi connectivity index (χ0) is 14.3. The van der Waals surface area contributed by atoms with Crippen LogP contribution in [0.4, 0.5) is 0 Å². The fraction of sp³-hybridized carbons (Fsp3) is 1.00. The molecule has 4 unspecified atom stereocenters. The van der Waals surface area contributed by atoms with Crippen molar-refractivity contribution in [3.05, 3.63) is 0 Å². The van der Waals surface area contributed by atoms with E-state index in [1.54, 1.807) is 0 Å². The van der Waals surface area contributed by atoms with Gasteiger partial charge in [-0.1, -0.05) is 6.42 Å². The fourth-order valence-electron chi connectivity index (χ4n) is 3.75. The van der Waals surface area contributed by atoms with E-state index in [-0.39, 0.29) is 11.2 Å². The normalized spacial score (nSPS) is 42.2. The second kappa shape index (κ2) is 5.34. The van der Waals surface area contributed by atoms with Crippen LogP contribution in [0, 0.1) is 5.92 Å². The molecule has 1 heterocycles. The molecule has 4 atom stereocenters. The first kappa shape index (κ1) is 15.3. The zero-order valence-corrected chi connectivity index (χ0v) is 13.1. The van der Waals surface area contributed by atoms with Gasteiger partial charge < -0.3 is 10.0 Å². The lowest BCUT2D eigenvalue weighted by Crippen LogP contribution is -2.53. The monoisotopic (exact) mass is 289 g/mol. The summed E-state index contributed by atoms with van der Waals surface area (Å²) < 4.78 is 23.5. The molecule has 112 valence electrons. The molecule has 1 saturated heterocycles. The molecular weight excluding hydrogens is 262 g/mol. The number of hydrogen-bond donors (Lipinski definition) is 1. The Balaban J connectivity index is 2.08. The molecule has 0 amide bonds. The molecule has 2 aliphatic rings. The SMILES string of the molecule is CC1CC(O)(C2CCCC(S(C)(=O)=O)C2)CCN1C. The maximum absolute atomic E-state index is 11.7. The molecule has 1 saturated carbocycles. The Kier molecular flexibility index (Phi) is 4.29. The van der Waals surface area contributed by atoms with E-state index in [4.69, 9.17) is 0 Å². The highest BCUT2D eigenvalue weighted by Gasteiger charge is 2.44. The van der Waals surface area contributed by atoms with Gasteiger partial charge in [0.15, 0.2) is 0 Å². The van der Waals surface area contributed by atoms with Crippen LogP contribution in [0.2, 0.25) is 0 Å². The Bertz CT molecular complexity index is 422. The van der Waals surface area contributed by atoms with Crippen LogP contribution in [0.5, 0.6) is 0 Å². The van der Waals surface area contributed by atoms with Gasteiger partial charge in [0, 0.05) is 18.8 Å². The van der Waals surface area contributed by atoms with E-state index >= 15 is 0 Å². The van der Waals surface area contributed by atoms with E-state index in [0.29, 0.717) is 12.5 Å². The molecule has 4 nitrogen and oxygen atoms in total. The molecule has 0 aromatic heterocycles. The van der Waals surface area contributed by atoms with Gasteiger partial charge in [-0.2, -0.15) is 0 Å². The molecular formula is C14H27NO3S. The molecule has 1 aliphatic heterocycles. The first-order chi connectivity index (χ1) is 8.72. The number of likely N-dealkylation sites (tertiary alicyclic amines) is 1. The molecule has 0 spiro atoms. The van der Waals surface area contributed by atoms with Crippen LogP contribution in [0.25, 0.3) is 0 Å². The van der Waals surface area contributed by atoms with Crippen molar-refractivity contribution in [3.8, 4) is 0 Å². The van der Waals surface area contributed by atoms with Crippen LogP contribution in [-0.2, 0) is 9.84 Å². The lowest BCUT2D eigenvalue weighted by Gasteiger charge is -2.47. The molecule has 5 heteroatoms. The zero-order valence-electron chi connectivity index (χ0n) is 12.3. The average Bonchev–Trinajstić information content (AvgIpc) is 2.34. The van der Waals surface area contributed by atoms with Crippen LogP contribution >= 0.6 is 0 Å². The average molecular weight is 289 g/mol. The van der Waals surface area contributed by atoms with Gasteiger partial charge in [-0.05, 0) is 52.0 Å². The van der Waals surface area contributed by atoms with Crippen molar-refractivity contribution in [2.45, 2.75) is 62.3 Å². The van der Waals surface area contributed by atoms with Crippen molar-refractivity contribution >= 4 is 9.84 Å². The van der Waals surface area contributed by atoms with Crippen molar-refractivity contribution in [1.29, 1.82) is 0 Å². The van der Waals surface area contributed by atoms with Gasteiger partial charge in [0.1, 0.15) is 9.84 Å². The minimum Gasteiger partial charge on any atom is -0.389 e. The van der Waals surface area contributed by atoms with E-state index in [2.05, 4.69) is 18.9 Å². The summed E-state index contributed by atoms with van der Waals surface area (Å²) in [5, 5.41) is 10.7. The summed E-state index contributed by atoms with van der Waals surface area (Å²) in [6.07, 6.45) is 6.18. The van der Waals surface area contributed by atoms with Crippen LogP contribution in [0.1, 0.15) is 45.4 Å². The van der Waals surface area contributed by atoms with E-state index in [0.717, 1.165) is 38.6 Å². The van der Waals surface area contributed by atoms with Gasteiger partial charge in [-0.15, -0.1) is 0 Å². The summed E-state index contributed by atoms with van der Waals surface area (Å²) >= 11 is 0. The van der Waals surface area contributed by atoms with Crippen LogP contribution in [-0.4, -0.2) is 55.2 Å². The summed E-state index contributed by atoms with van der Waals surface area (Å²) in [4.78, 5) is 2.27. The van der Waals surface area contributed by atoms with Crippen LogP contribution in [0.3, 0.4) is 0 Å². The standard InChI is InChI=1S/C14H27NO3S/c1-11-10-14(16,7-8-15(11)2)12-5-4-6-13(9-12)19(3,17)18/h11-13,16H,4-10H2,1-3H3. The minimum absolute atomic E-state index is 0.150. The second-order valence-corrected chi connectivity index (χ2v) is 9.03. The summed E-state index contributed by atoms with van der Waals surface area (Å²) in [7, 11) is -0.882. The largest absolute Gasteiger partial charge is 0.389 e. The van der Waals surface area contributed by atoms with Crippen molar-refractivity contribution in [2.24, 2.45) is 5.92 Å². The Morgan fingerprint density at radius 3 is 2.58 bits per heavy atom. The molecule has 1 aliphatic carbocycles. The minimum atomic E-state index is -2.97.